The third-order valence-electron chi connectivity index (χ3n) is 7.50. The van der Waals surface area contributed by atoms with Crippen LogP contribution in [0.3, 0.4) is 0 Å². The summed E-state index contributed by atoms with van der Waals surface area (Å²) in [6.07, 6.45) is 2.78. The lowest BCUT2D eigenvalue weighted by atomic mass is 9.64. The van der Waals surface area contributed by atoms with Gasteiger partial charge < -0.3 is 9.47 Å². The maximum atomic E-state index is 14.5. The molecule has 0 aliphatic heterocycles. The molecule has 202 valence electrons. The molecule has 4 nitrogen and oxygen atoms in total. The van der Waals surface area contributed by atoms with Gasteiger partial charge in [0, 0.05) is 18.8 Å². The Balaban J connectivity index is 1.52. The van der Waals surface area contributed by atoms with Gasteiger partial charge in [-0.2, -0.15) is 8.78 Å². The van der Waals surface area contributed by atoms with Crippen molar-refractivity contribution in [1.29, 1.82) is 0 Å². The molecular formula is C30H38ClF2NO3. The second-order valence-electron chi connectivity index (χ2n) is 10.7. The number of hydrogen-bond acceptors (Lipinski definition) is 4. The van der Waals surface area contributed by atoms with Crippen molar-refractivity contribution in [2.24, 2.45) is 16.8 Å². The first-order chi connectivity index (χ1) is 17.5. The van der Waals surface area contributed by atoms with Crippen molar-refractivity contribution in [3.05, 3.63) is 60.2 Å². The summed E-state index contributed by atoms with van der Waals surface area (Å²) in [5.74, 6) is -2.31. The summed E-state index contributed by atoms with van der Waals surface area (Å²) in [6, 6.07) is 16.7. The fraction of sp³-hybridized carbons (Fsp3) is 0.533. The zero-order valence-electron chi connectivity index (χ0n) is 22.2. The molecule has 3 rings (SSSR count). The van der Waals surface area contributed by atoms with Gasteiger partial charge in [-0.25, -0.2) is 4.99 Å². The number of rotatable bonds is 11. The second-order valence-corrected chi connectivity index (χ2v) is 11.0. The molecule has 0 spiro atoms. The molecule has 3 atom stereocenters. The predicted octanol–water partition coefficient (Wildman–Crippen LogP) is 8.49. The average Bonchev–Trinajstić information content (AvgIpc) is 2.87. The number of carbonyl (C=O) groups is 1. The van der Waals surface area contributed by atoms with Crippen LogP contribution in [0, 0.1) is 11.8 Å². The molecule has 1 aliphatic carbocycles. The summed E-state index contributed by atoms with van der Waals surface area (Å²) in [6.45, 7) is 6.61. The molecule has 0 aromatic heterocycles. The molecule has 0 N–H and O–H groups in total. The molecule has 2 aromatic rings. The number of hydrogen-bond donors (Lipinski definition) is 0. The Morgan fingerprint density at radius 3 is 2.38 bits per heavy atom. The standard InChI is InChI=1S/C30H38ClF2NO3/c1-21-13-18-25(29(2,3)22-10-6-5-7-11-22)26(20-21)37-27(35)12-8-9-19-30(32,33)28(31)34-23-14-16-24(36-4)17-15-23/h5-7,10-11,14-17,21,25-26H,8-9,12-13,18-20H2,1-4H3/t21-,25-,26-/m1/s1. The van der Waals surface area contributed by atoms with E-state index < -0.39 is 17.5 Å². The molecule has 0 unspecified atom stereocenters. The molecule has 2 aromatic carbocycles. The number of aliphatic imine (C=N–C) groups is 1. The molecule has 0 bridgehead atoms. The van der Waals surface area contributed by atoms with Crippen molar-refractivity contribution < 1.29 is 23.0 Å². The van der Waals surface area contributed by atoms with Crippen molar-refractivity contribution in [2.75, 3.05) is 7.11 Å². The zero-order valence-corrected chi connectivity index (χ0v) is 22.9. The normalized spacial score (nSPS) is 20.9. The molecule has 1 aliphatic rings. The lowest BCUT2D eigenvalue weighted by Gasteiger charge is -2.44. The maximum absolute atomic E-state index is 14.5. The smallest absolute Gasteiger partial charge is 0.306 e. The Morgan fingerprint density at radius 1 is 1.05 bits per heavy atom. The number of halogens is 3. The van der Waals surface area contributed by atoms with Crippen LogP contribution in [-0.2, 0) is 14.9 Å². The van der Waals surface area contributed by atoms with Crippen LogP contribution in [0.5, 0.6) is 5.75 Å². The van der Waals surface area contributed by atoms with Crippen LogP contribution in [-0.4, -0.2) is 30.3 Å². The van der Waals surface area contributed by atoms with Crippen LogP contribution in [0.1, 0.15) is 71.3 Å². The topological polar surface area (TPSA) is 47.9 Å². The molecular weight excluding hydrogens is 496 g/mol. The van der Waals surface area contributed by atoms with Crippen molar-refractivity contribution in [3.8, 4) is 5.75 Å². The lowest BCUT2D eigenvalue weighted by molar-refractivity contribution is -0.156. The van der Waals surface area contributed by atoms with E-state index in [9.17, 15) is 13.6 Å². The second kappa shape index (κ2) is 12.9. The number of methoxy groups -OCH3 is 1. The van der Waals surface area contributed by atoms with E-state index >= 15 is 0 Å². The van der Waals surface area contributed by atoms with Gasteiger partial charge in [0.1, 0.15) is 11.9 Å². The first-order valence-corrected chi connectivity index (χ1v) is 13.4. The molecule has 37 heavy (non-hydrogen) atoms. The fourth-order valence-corrected chi connectivity index (χ4v) is 5.36. The third kappa shape index (κ3) is 8.00. The van der Waals surface area contributed by atoms with Crippen LogP contribution in [0.15, 0.2) is 59.6 Å². The first-order valence-electron chi connectivity index (χ1n) is 13.0. The van der Waals surface area contributed by atoms with Gasteiger partial charge in [-0.3, -0.25) is 4.79 Å². The Hall–Kier alpha value is -2.47. The van der Waals surface area contributed by atoms with Gasteiger partial charge in [-0.05, 0) is 66.8 Å². The number of unbranched alkanes of at least 4 members (excludes halogenated alkanes) is 1. The maximum Gasteiger partial charge on any atom is 0.306 e. The summed E-state index contributed by atoms with van der Waals surface area (Å²) in [5, 5.41) is -0.762. The van der Waals surface area contributed by atoms with Crippen LogP contribution >= 0.6 is 11.6 Å². The Bertz CT molecular complexity index is 1040. The highest BCUT2D eigenvalue weighted by molar-refractivity contribution is 6.67. The van der Waals surface area contributed by atoms with E-state index in [2.05, 4.69) is 37.9 Å². The number of alkyl halides is 2. The average molecular weight is 534 g/mol. The number of carbonyl (C=O) groups excluding carboxylic acids is 1. The van der Waals surface area contributed by atoms with Crippen molar-refractivity contribution in [2.45, 2.75) is 83.2 Å². The Kier molecular flexibility index (Phi) is 10.1. The molecule has 0 amide bonds. The van der Waals surface area contributed by atoms with Crippen LogP contribution in [0.2, 0.25) is 0 Å². The van der Waals surface area contributed by atoms with Crippen LogP contribution in [0.4, 0.5) is 14.5 Å². The SMILES string of the molecule is COc1ccc(N=C(Cl)C(F)(F)CCCCC(=O)O[C@@H]2C[C@H](C)CC[C@H]2C(C)(C)c2ccccc2)cc1. The summed E-state index contributed by atoms with van der Waals surface area (Å²) < 4.78 is 40.1. The quantitative estimate of drug-likeness (QED) is 0.165. The van der Waals surface area contributed by atoms with Gasteiger partial charge in [0.15, 0.2) is 5.17 Å². The van der Waals surface area contributed by atoms with Gasteiger partial charge in [0.05, 0.1) is 12.8 Å². The summed E-state index contributed by atoms with van der Waals surface area (Å²) in [5.41, 5.74) is 1.41. The van der Waals surface area contributed by atoms with Gasteiger partial charge >= 0.3 is 5.97 Å². The predicted molar refractivity (Wildman–Crippen MR) is 145 cm³/mol. The summed E-state index contributed by atoms with van der Waals surface area (Å²) >= 11 is 5.85. The van der Waals surface area contributed by atoms with Crippen LogP contribution < -0.4 is 4.74 Å². The van der Waals surface area contributed by atoms with E-state index in [4.69, 9.17) is 21.1 Å². The summed E-state index contributed by atoms with van der Waals surface area (Å²) in [7, 11) is 1.52. The lowest BCUT2D eigenvalue weighted by Crippen LogP contribution is -2.43. The monoisotopic (exact) mass is 533 g/mol. The summed E-state index contributed by atoms with van der Waals surface area (Å²) in [4.78, 5) is 16.6. The number of esters is 1. The highest BCUT2D eigenvalue weighted by atomic mass is 35.5. The highest BCUT2D eigenvalue weighted by Gasteiger charge is 2.42. The minimum atomic E-state index is -3.27. The molecule has 7 heteroatoms. The highest BCUT2D eigenvalue weighted by Crippen LogP contribution is 2.43. The minimum absolute atomic E-state index is 0.104. The third-order valence-corrected chi connectivity index (χ3v) is 7.87. The van der Waals surface area contributed by atoms with E-state index in [-0.39, 0.29) is 36.2 Å². The van der Waals surface area contributed by atoms with Crippen molar-refractivity contribution in [1.82, 2.24) is 0 Å². The molecule has 0 radical (unpaired) electrons. The number of ether oxygens (including phenoxy) is 2. The van der Waals surface area contributed by atoms with E-state index in [1.165, 1.54) is 12.7 Å². The first kappa shape index (κ1) is 29.1. The van der Waals surface area contributed by atoms with E-state index in [1.54, 1.807) is 24.3 Å². The van der Waals surface area contributed by atoms with Gasteiger partial charge in [0.2, 0.25) is 0 Å². The molecule has 0 saturated heterocycles. The van der Waals surface area contributed by atoms with E-state index in [0.717, 1.165) is 19.3 Å². The molecule has 1 saturated carbocycles. The van der Waals surface area contributed by atoms with Gasteiger partial charge in [-0.15, -0.1) is 0 Å². The van der Waals surface area contributed by atoms with Crippen molar-refractivity contribution in [3.63, 3.8) is 0 Å². The number of benzene rings is 2. The zero-order chi connectivity index (χ0) is 27.1. The van der Waals surface area contributed by atoms with Gasteiger partial charge in [-0.1, -0.05) is 69.1 Å². The molecule has 1 fully saturated rings. The minimum Gasteiger partial charge on any atom is -0.497 e. The van der Waals surface area contributed by atoms with Crippen molar-refractivity contribution >= 4 is 28.4 Å². The van der Waals surface area contributed by atoms with Crippen LogP contribution in [0.25, 0.3) is 0 Å². The Morgan fingerprint density at radius 2 is 1.73 bits per heavy atom. The molecule has 0 heterocycles. The number of nitrogens with zero attached hydrogens (tertiary/aromatic N) is 1. The Labute approximate surface area is 224 Å². The van der Waals surface area contributed by atoms with E-state index in [1.807, 2.05) is 18.2 Å². The fourth-order valence-electron chi connectivity index (χ4n) is 5.17. The van der Waals surface area contributed by atoms with Gasteiger partial charge in [0.25, 0.3) is 5.92 Å². The largest absolute Gasteiger partial charge is 0.497 e. The van der Waals surface area contributed by atoms with E-state index in [0.29, 0.717) is 23.8 Å².